The average Bonchev–Trinajstić information content (AvgIpc) is 2.54. The van der Waals surface area contributed by atoms with Gasteiger partial charge >= 0.3 is 0 Å². The SMILES string of the molecule is COc1ccc(CCC(=O)Nc2ccc(SC)nc2)cc1Br. The third-order valence-corrected chi connectivity index (χ3v) is 4.37. The van der Waals surface area contributed by atoms with Crippen LogP contribution in [0.5, 0.6) is 5.75 Å². The molecule has 4 nitrogen and oxygen atoms in total. The number of benzene rings is 1. The molecular formula is C16H17BrN2O2S. The van der Waals surface area contributed by atoms with Crippen molar-refractivity contribution < 1.29 is 9.53 Å². The molecule has 22 heavy (non-hydrogen) atoms. The number of aromatic nitrogens is 1. The highest BCUT2D eigenvalue weighted by molar-refractivity contribution is 9.10. The third kappa shape index (κ3) is 4.74. The van der Waals surface area contributed by atoms with Crippen molar-refractivity contribution in [2.45, 2.75) is 17.9 Å². The first-order valence-corrected chi connectivity index (χ1v) is 8.76. The highest BCUT2D eigenvalue weighted by Gasteiger charge is 2.06. The largest absolute Gasteiger partial charge is 0.496 e. The summed E-state index contributed by atoms with van der Waals surface area (Å²) < 4.78 is 6.08. The Morgan fingerprint density at radius 3 is 2.77 bits per heavy atom. The van der Waals surface area contributed by atoms with Crippen LogP contribution < -0.4 is 10.1 Å². The van der Waals surface area contributed by atoms with E-state index in [0.717, 1.165) is 26.5 Å². The Hall–Kier alpha value is -1.53. The van der Waals surface area contributed by atoms with Crippen molar-refractivity contribution in [2.24, 2.45) is 0 Å². The molecule has 0 aliphatic carbocycles. The number of amides is 1. The monoisotopic (exact) mass is 380 g/mol. The van der Waals surface area contributed by atoms with E-state index in [9.17, 15) is 4.79 Å². The molecule has 1 amide bonds. The molecule has 0 spiro atoms. The summed E-state index contributed by atoms with van der Waals surface area (Å²) in [6.45, 7) is 0. The van der Waals surface area contributed by atoms with Gasteiger partial charge in [0.05, 0.1) is 28.5 Å². The highest BCUT2D eigenvalue weighted by atomic mass is 79.9. The fourth-order valence-corrected chi connectivity index (χ4v) is 2.87. The van der Waals surface area contributed by atoms with E-state index in [1.165, 1.54) is 0 Å². The molecule has 0 aliphatic rings. The van der Waals surface area contributed by atoms with Crippen LogP contribution in [0.25, 0.3) is 0 Å². The number of nitrogens with zero attached hydrogens (tertiary/aromatic N) is 1. The maximum absolute atomic E-state index is 12.0. The van der Waals surface area contributed by atoms with E-state index in [4.69, 9.17) is 4.74 Å². The lowest BCUT2D eigenvalue weighted by Gasteiger charge is -2.07. The molecule has 2 rings (SSSR count). The third-order valence-electron chi connectivity index (χ3n) is 3.09. The normalized spacial score (nSPS) is 10.3. The van der Waals surface area contributed by atoms with Gasteiger partial charge in [-0.25, -0.2) is 4.98 Å². The fourth-order valence-electron chi connectivity index (χ4n) is 1.92. The van der Waals surface area contributed by atoms with E-state index < -0.39 is 0 Å². The first-order valence-electron chi connectivity index (χ1n) is 6.74. The van der Waals surface area contributed by atoms with Gasteiger partial charge in [0.25, 0.3) is 0 Å². The molecule has 0 bridgehead atoms. The van der Waals surface area contributed by atoms with Crippen molar-refractivity contribution in [2.75, 3.05) is 18.7 Å². The van der Waals surface area contributed by atoms with Gasteiger partial charge in [0.2, 0.25) is 5.91 Å². The standard InChI is InChI=1S/C16H17BrN2O2S/c1-21-14-6-3-11(9-13(14)17)4-7-15(20)19-12-5-8-16(22-2)18-10-12/h3,5-6,8-10H,4,7H2,1-2H3,(H,19,20). The van der Waals surface area contributed by atoms with E-state index in [1.807, 2.05) is 36.6 Å². The first kappa shape index (κ1) is 16.8. The number of carbonyl (C=O) groups is 1. The van der Waals surface area contributed by atoms with Gasteiger partial charge in [-0.3, -0.25) is 4.79 Å². The Morgan fingerprint density at radius 2 is 2.18 bits per heavy atom. The Kier molecular flexibility index (Phi) is 6.27. The Bertz CT molecular complexity index is 647. The lowest BCUT2D eigenvalue weighted by atomic mass is 10.1. The quantitative estimate of drug-likeness (QED) is 0.764. The molecular weight excluding hydrogens is 364 g/mol. The zero-order valence-corrected chi connectivity index (χ0v) is 14.8. The van der Waals surface area contributed by atoms with E-state index in [-0.39, 0.29) is 5.91 Å². The summed E-state index contributed by atoms with van der Waals surface area (Å²) >= 11 is 5.02. The molecule has 0 fully saturated rings. The molecule has 0 radical (unpaired) electrons. The van der Waals surface area contributed by atoms with Crippen molar-refractivity contribution in [3.63, 3.8) is 0 Å². The highest BCUT2D eigenvalue weighted by Crippen LogP contribution is 2.26. The lowest BCUT2D eigenvalue weighted by molar-refractivity contribution is -0.116. The van der Waals surface area contributed by atoms with Gasteiger partial charge in [0, 0.05) is 6.42 Å². The van der Waals surface area contributed by atoms with Gasteiger partial charge in [-0.15, -0.1) is 11.8 Å². The van der Waals surface area contributed by atoms with Gasteiger partial charge in [-0.2, -0.15) is 0 Å². The molecule has 1 aromatic carbocycles. The predicted molar refractivity (Wildman–Crippen MR) is 93.7 cm³/mol. The number of aryl methyl sites for hydroxylation is 1. The minimum atomic E-state index is -0.0226. The number of pyridine rings is 1. The molecule has 0 unspecified atom stereocenters. The second-order valence-corrected chi connectivity index (χ2v) is 6.29. The van der Waals surface area contributed by atoms with Crippen molar-refractivity contribution in [1.82, 2.24) is 4.98 Å². The number of halogens is 1. The van der Waals surface area contributed by atoms with Crippen LogP contribution in [0.4, 0.5) is 5.69 Å². The molecule has 6 heteroatoms. The molecule has 0 atom stereocenters. The molecule has 1 heterocycles. The van der Waals surface area contributed by atoms with Crippen LogP contribution in [0.15, 0.2) is 46.0 Å². The molecule has 1 aromatic heterocycles. The summed E-state index contributed by atoms with van der Waals surface area (Å²) in [4.78, 5) is 16.2. The maximum Gasteiger partial charge on any atom is 0.224 e. The summed E-state index contributed by atoms with van der Waals surface area (Å²) in [5.74, 6) is 0.763. The number of ether oxygens (including phenoxy) is 1. The van der Waals surface area contributed by atoms with Crippen LogP contribution in [-0.2, 0) is 11.2 Å². The molecule has 0 aliphatic heterocycles. The maximum atomic E-state index is 12.0. The van der Waals surface area contributed by atoms with Crippen LogP contribution in [0, 0.1) is 0 Å². The minimum absolute atomic E-state index is 0.0226. The zero-order valence-electron chi connectivity index (χ0n) is 12.4. The fraction of sp³-hybridized carbons (Fsp3) is 0.250. The predicted octanol–water partition coefficient (Wildman–Crippen LogP) is 4.15. The second-order valence-electron chi connectivity index (χ2n) is 4.61. The van der Waals surface area contributed by atoms with Gasteiger partial charge in [0.15, 0.2) is 0 Å². The molecule has 0 saturated carbocycles. The first-order chi connectivity index (χ1) is 10.6. The van der Waals surface area contributed by atoms with Crippen LogP contribution in [0.2, 0.25) is 0 Å². The number of carbonyl (C=O) groups excluding carboxylic acids is 1. The van der Waals surface area contributed by atoms with Gasteiger partial charge in [-0.05, 0) is 58.4 Å². The zero-order chi connectivity index (χ0) is 15.9. The molecule has 1 N–H and O–H groups in total. The number of hydrogen-bond donors (Lipinski definition) is 1. The lowest BCUT2D eigenvalue weighted by Crippen LogP contribution is -2.12. The van der Waals surface area contributed by atoms with E-state index in [0.29, 0.717) is 12.8 Å². The van der Waals surface area contributed by atoms with E-state index >= 15 is 0 Å². The Balaban J connectivity index is 1.88. The number of methoxy groups -OCH3 is 1. The number of thioether (sulfide) groups is 1. The molecule has 2 aromatic rings. The number of anilines is 1. The Labute approximate surface area is 142 Å². The van der Waals surface area contributed by atoms with Gasteiger partial charge < -0.3 is 10.1 Å². The van der Waals surface area contributed by atoms with Crippen molar-refractivity contribution >= 4 is 39.3 Å². The smallest absolute Gasteiger partial charge is 0.224 e. The molecule has 116 valence electrons. The summed E-state index contributed by atoms with van der Waals surface area (Å²) in [7, 11) is 1.63. The number of hydrogen-bond acceptors (Lipinski definition) is 4. The summed E-state index contributed by atoms with van der Waals surface area (Å²) in [6, 6.07) is 9.58. The van der Waals surface area contributed by atoms with Crippen molar-refractivity contribution in [3.05, 3.63) is 46.6 Å². The number of rotatable bonds is 6. The van der Waals surface area contributed by atoms with Crippen LogP contribution in [-0.4, -0.2) is 24.3 Å². The van der Waals surface area contributed by atoms with Crippen molar-refractivity contribution in [1.29, 1.82) is 0 Å². The second kappa shape index (κ2) is 8.19. The number of nitrogens with one attached hydrogen (secondary N) is 1. The summed E-state index contributed by atoms with van der Waals surface area (Å²) in [5.41, 5.74) is 1.80. The average molecular weight is 381 g/mol. The van der Waals surface area contributed by atoms with Crippen molar-refractivity contribution in [3.8, 4) is 5.75 Å². The topological polar surface area (TPSA) is 51.2 Å². The summed E-state index contributed by atoms with van der Waals surface area (Å²) in [5, 5.41) is 3.79. The minimum Gasteiger partial charge on any atom is -0.496 e. The van der Waals surface area contributed by atoms with Crippen LogP contribution in [0.1, 0.15) is 12.0 Å². The Morgan fingerprint density at radius 1 is 1.36 bits per heavy atom. The van der Waals surface area contributed by atoms with E-state index in [2.05, 4.69) is 26.2 Å². The van der Waals surface area contributed by atoms with Gasteiger partial charge in [0.1, 0.15) is 5.75 Å². The van der Waals surface area contributed by atoms with E-state index in [1.54, 1.807) is 25.1 Å². The summed E-state index contributed by atoms with van der Waals surface area (Å²) in [6.07, 6.45) is 4.73. The van der Waals surface area contributed by atoms with Gasteiger partial charge in [-0.1, -0.05) is 6.07 Å². The van der Waals surface area contributed by atoms with Crippen LogP contribution in [0.3, 0.4) is 0 Å². The molecule has 0 saturated heterocycles. The van der Waals surface area contributed by atoms with Crippen LogP contribution >= 0.6 is 27.7 Å².